The molecule has 0 aliphatic heterocycles. The number of fused-ring (bicyclic) bond motifs is 1. The number of nitrogens with one attached hydrogen (secondary N) is 2. The van der Waals surface area contributed by atoms with E-state index in [9.17, 15) is 14.4 Å². The molecule has 0 aromatic carbocycles. The third kappa shape index (κ3) is 3.37. The first-order chi connectivity index (χ1) is 11.9. The van der Waals surface area contributed by atoms with Gasteiger partial charge in [0.15, 0.2) is 0 Å². The number of aromatic amines is 1. The van der Waals surface area contributed by atoms with Crippen LogP contribution in [0.2, 0.25) is 0 Å². The molecule has 25 heavy (non-hydrogen) atoms. The number of amides is 2. The van der Waals surface area contributed by atoms with Gasteiger partial charge >= 0.3 is 0 Å². The van der Waals surface area contributed by atoms with Crippen molar-refractivity contribution in [1.82, 2.24) is 10.3 Å². The number of aryl methyl sites for hydroxylation is 3. The van der Waals surface area contributed by atoms with Gasteiger partial charge in [0.1, 0.15) is 5.56 Å². The summed E-state index contributed by atoms with van der Waals surface area (Å²) in [4.78, 5) is 40.6. The molecule has 2 aromatic rings. The molecule has 0 radical (unpaired) electrons. The number of thiophene rings is 1. The summed E-state index contributed by atoms with van der Waals surface area (Å²) in [6.45, 7) is 4.07. The first kappa shape index (κ1) is 17.4. The summed E-state index contributed by atoms with van der Waals surface area (Å²) < 4.78 is 0. The fourth-order valence-corrected chi connectivity index (χ4v) is 4.30. The predicted octanol–water partition coefficient (Wildman–Crippen LogP) is 2.21. The van der Waals surface area contributed by atoms with Crippen LogP contribution in [-0.2, 0) is 12.8 Å². The van der Waals surface area contributed by atoms with Gasteiger partial charge in [0.05, 0.1) is 10.9 Å². The van der Waals surface area contributed by atoms with Gasteiger partial charge in [-0.3, -0.25) is 14.4 Å². The zero-order chi connectivity index (χ0) is 18.1. The van der Waals surface area contributed by atoms with Crippen molar-refractivity contribution in [2.75, 3.05) is 0 Å². The van der Waals surface area contributed by atoms with Crippen LogP contribution in [0.15, 0.2) is 16.9 Å². The van der Waals surface area contributed by atoms with Crippen LogP contribution in [0.5, 0.6) is 0 Å². The second-order valence-electron chi connectivity index (χ2n) is 6.30. The maximum absolute atomic E-state index is 12.6. The van der Waals surface area contributed by atoms with Crippen LogP contribution in [0.1, 0.15) is 67.5 Å². The summed E-state index contributed by atoms with van der Waals surface area (Å²) >= 11 is 1.50. The molecule has 1 aliphatic carbocycles. The Labute approximate surface area is 149 Å². The van der Waals surface area contributed by atoms with E-state index >= 15 is 0 Å². The molecular formula is C18H21N3O3S. The largest absolute Gasteiger partial charge is 0.365 e. The normalized spacial score (nSPS) is 16.3. The van der Waals surface area contributed by atoms with Crippen molar-refractivity contribution in [3.63, 3.8) is 0 Å². The Balaban J connectivity index is 1.89. The maximum Gasteiger partial charge on any atom is 0.261 e. The van der Waals surface area contributed by atoms with Crippen LogP contribution in [-0.4, -0.2) is 16.8 Å². The minimum Gasteiger partial charge on any atom is -0.365 e. The van der Waals surface area contributed by atoms with E-state index in [1.807, 2.05) is 13.0 Å². The number of hydrogen-bond acceptors (Lipinski definition) is 4. The molecule has 0 spiro atoms. The van der Waals surface area contributed by atoms with Gasteiger partial charge in [-0.1, -0.05) is 6.92 Å². The molecule has 3 rings (SSSR count). The van der Waals surface area contributed by atoms with E-state index in [2.05, 4.69) is 17.2 Å². The van der Waals surface area contributed by atoms with Crippen molar-refractivity contribution in [2.45, 2.75) is 45.6 Å². The number of hydrogen-bond donors (Lipinski definition) is 3. The molecule has 1 atom stereocenters. The zero-order valence-corrected chi connectivity index (χ0v) is 15.1. The van der Waals surface area contributed by atoms with E-state index in [1.165, 1.54) is 22.3 Å². The summed E-state index contributed by atoms with van der Waals surface area (Å²) in [6.07, 6.45) is 3.23. The van der Waals surface area contributed by atoms with Crippen molar-refractivity contribution in [3.05, 3.63) is 54.6 Å². The number of pyridine rings is 1. The molecule has 1 aliphatic rings. The second-order valence-corrected chi connectivity index (χ2v) is 7.44. The molecule has 2 heterocycles. The highest BCUT2D eigenvalue weighted by atomic mass is 32.1. The van der Waals surface area contributed by atoms with Gasteiger partial charge in [-0.15, -0.1) is 11.3 Å². The number of nitrogens with two attached hydrogens (primary N) is 1. The van der Waals surface area contributed by atoms with E-state index in [0.29, 0.717) is 11.3 Å². The van der Waals surface area contributed by atoms with Crippen LogP contribution >= 0.6 is 11.3 Å². The number of H-pyrrole nitrogens is 1. The highest BCUT2D eigenvalue weighted by molar-refractivity contribution is 7.14. The summed E-state index contributed by atoms with van der Waals surface area (Å²) in [7, 11) is 0. The SMILES string of the molecule is CCc1sc(C(=O)NC2CCCc3[nH]c(=O)c(C(N)=O)cc32)cc1C. The van der Waals surface area contributed by atoms with Gasteiger partial charge in [0.2, 0.25) is 0 Å². The van der Waals surface area contributed by atoms with Gasteiger partial charge < -0.3 is 16.0 Å². The minimum absolute atomic E-state index is 0.0693. The lowest BCUT2D eigenvalue weighted by Crippen LogP contribution is -2.33. The van der Waals surface area contributed by atoms with Crippen molar-refractivity contribution in [2.24, 2.45) is 5.73 Å². The quantitative estimate of drug-likeness (QED) is 0.779. The molecule has 2 aromatic heterocycles. The Hall–Kier alpha value is -2.41. The third-order valence-electron chi connectivity index (χ3n) is 4.59. The third-order valence-corrected chi connectivity index (χ3v) is 5.97. The Bertz CT molecular complexity index is 897. The first-order valence-electron chi connectivity index (χ1n) is 8.36. The van der Waals surface area contributed by atoms with E-state index in [1.54, 1.807) is 0 Å². The molecule has 7 heteroatoms. The Morgan fingerprint density at radius 1 is 1.40 bits per heavy atom. The zero-order valence-electron chi connectivity index (χ0n) is 14.3. The van der Waals surface area contributed by atoms with Gasteiger partial charge in [0.25, 0.3) is 17.4 Å². The average Bonchev–Trinajstić information content (AvgIpc) is 2.95. The molecule has 0 saturated carbocycles. The van der Waals surface area contributed by atoms with Crippen molar-refractivity contribution in [3.8, 4) is 0 Å². The summed E-state index contributed by atoms with van der Waals surface area (Å²) in [5.41, 5.74) is 7.40. The van der Waals surface area contributed by atoms with E-state index in [0.717, 1.165) is 36.1 Å². The topological polar surface area (TPSA) is 105 Å². The fourth-order valence-electron chi connectivity index (χ4n) is 3.29. The molecule has 0 bridgehead atoms. The minimum atomic E-state index is -0.763. The molecule has 4 N–H and O–H groups in total. The number of carbonyl (C=O) groups excluding carboxylic acids is 2. The number of rotatable bonds is 4. The van der Waals surface area contributed by atoms with Crippen molar-refractivity contribution in [1.29, 1.82) is 0 Å². The number of aromatic nitrogens is 1. The van der Waals surface area contributed by atoms with E-state index in [4.69, 9.17) is 5.73 Å². The molecule has 6 nitrogen and oxygen atoms in total. The Morgan fingerprint density at radius 3 is 2.80 bits per heavy atom. The molecule has 2 amide bonds. The molecule has 0 fully saturated rings. The lowest BCUT2D eigenvalue weighted by Gasteiger charge is -2.26. The van der Waals surface area contributed by atoms with E-state index < -0.39 is 11.5 Å². The van der Waals surface area contributed by atoms with Crippen LogP contribution in [0.3, 0.4) is 0 Å². The molecule has 132 valence electrons. The lowest BCUT2D eigenvalue weighted by atomic mass is 9.90. The number of primary amides is 1. The maximum atomic E-state index is 12.6. The molecule has 1 unspecified atom stereocenters. The summed E-state index contributed by atoms with van der Waals surface area (Å²) in [6, 6.07) is 3.20. The smallest absolute Gasteiger partial charge is 0.261 e. The van der Waals surface area contributed by atoms with E-state index in [-0.39, 0.29) is 17.5 Å². The van der Waals surface area contributed by atoms with Crippen LogP contribution in [0.25, 0.3) is 0 Å². The van der Waals surface area contributed by atoms with Gasteiger partial charge in [-0.2, -0.15) is 0 Å². The van der Waals surface area contributed by atoms with Crippen molar-refractivity contribution < 1.29 is 9.59 Å². The molecule has 0 saturated heterocycles. The Kier molecular flexibility index (Phi) is 4.76. The first-order valence-corrected chi connectivity index (χ1v) is 9.18. The molecular weight excluding hydrogens is 338 g/mol. The van der Waals surface area contributed by atoms with Crippen LogP contribution in [0, 0.1) is 6.92 Å². The average molecular weight is 359 g/mol. The van der Waals surface area contributed by atoms with Gasteiger partial charge in [0, 0.05) is 10.6 Å². The van der Waals surface area contributed by atoms with Crippen molar-refractivity contribution >= 4 is 23.2 Å². The summed E-state index contributed by atoms with van der Waals surface area (Å²) in [5, 5.41) is 3.04. The highest BCUT2D eigenvalue weighted by Gasteiger charge is 2.25. The standard InChI is InChI=1S/C18H21N3O3S/c1-3-14-9(2)7-15(25-14)18(24)21-13-6-4-5-12-10(13)8-11(16(19)22)17(23)20-12/h7-8,13H,3-6H2,1-2H3,(H2,19,22)(H,20,23)(H,21,24). The fraction of sp³-hybridized carbons (Fsp3) is 0.389. The van der Waals surface area contributed by atoms with Crippen LogP contribution in [0.4, 0.5) is 0 Å². The summed E-state index contributed by atoms with van der Waals surface area (Å²) in [5.74, 6) is -0.890. The van der Waals surface area contributed by atoms with Crippen LogP contribution < -0.4 is 16.6 Å². The monoisotopic (exact) mass is 359 g/mol. The highest BCUT2D eigenvalue weighted by Crippen LogP contribution is 2.29. The van der Waals surface area contributed by atoms with Gasteiger partial charge in [-0.25, -0.2) is 0 Å². The number of carbonyl (C=O) groups is 2. The predicted molar refractivity (Wildman–Crippen MR) is 97.2 cm³/mol. The van der Waals surface area contributed by atoms with Gasteiger partial charge in [-0.05, 0) is 55.9 Å². The Morgan fingerprint density at radius 2 is 2.16 bits per heavy atom. The second kappa shape index (κ2) is 6.84. The lowest BCUT2D eigenvalue weighted by molar-refractivity contribution is 0.0936.